The summed E-state index contributed by atoms with van der Waals surface area (Å²) in [5.41, 5.74) is 5.12. The Morgan fingerprint density at radius 3 is 2.94 bits per heavy atom. The van der Waals surface area contributed by atoms with E-state index in [0.29, 0.717) is 12.2 Å². The third-order valence-electron chi connectivity index (χ3n) is 2.87. The zero-order valence-electron chi connectivity index (χ0n) is 9.81. The van der Waals surface area contributed by atoms with Crippen LogP contribution in [0.25, 0.3) is 0 Å². The highest BCUT2D eigenvalue weighted by atomic mass is 16.5. The van der Waals surface area contributed by atoms with E-state index in [9.17, 15) is 9.59 Å². The molecule has 1 aliphatic heterocycles. The van der Waals surface area contributed by atoms with E-state index < -0.39 is 17.9 Å². The highest BCUT2D eigenvalue weighted by Gasteiger charge is 2.19. The highest BCUT2D eigenvalue weighted by molar-refractivity contribution is 5.71. The van der Waals surface area contributed by atoms with Crippen LogP contribution < -0.4 is 11.3 Å². The molecule has 18 heavy (non-hydrogen) atoms. The molecule has 0 bridgehead atoms. The molecule has 1 aromatic heterocycles. The van der Waals surface area contributed by atoms with Gasteiger partial charge in [0.05, 0.1) is 18.1 Å². The second-order valence-electron chi connectivity index (χ2n) is 4.29. The first-order valence-corrected chi connectivity index (χ1v) is 5.77. The Kier molecular flexibility index (Phi) is 3.61. The summed E-state index contributed by atoms with van der Waals surface area (Å²) in [6.07, 6.45) is 2.06. The Hall–Kier alpha value is -1.89. The number of carboxylic acid groups (broad SMARTS) is 1. The molecular weight excluding hydrogens is 238 g/mol. The zero-order chi connectivity index (χ0) is 13.1. The maximum Gasteiger partial charge on any atom is 0.308 e. The maximum absolute atomic E-state index is 11.7. The molecule has 2 heterocycles. The number of hydrogen-bond donors (Lipinski definition) is 3. The lowest BCUT2D eigenvalue weighted by molar-refractivity contribution is -0.136. The molecule has 2 rings (SSSR count). The van der Waals surface area contributed by atoms with E-state index in [0.717, 1.165) is 19.4 Å². The molecular formula is C11H15N3O4. The Balaban J connectivity index is 2.19. The second-order valence-corrected chi connectivity index (χ2v) is 4.29. The number of anilines is 1. The number of aromatic nitrogens is 2. The normalized spacial score (nSPS) is 19.0. The summed E-state index contributed by atoms with van der Waals surface area (Å²) in [6.45, 7) is 0.724. The van der Waals surface area contributed by atoms with E-state index >= 15 is 0 Å². The van der Waals surface area contributed by atoms with E-state index in [1.165, 1.54) is 0 Å². The summed E-state index contributed by atoms with van der Waals surface area (Å²) in [7, 11) is 0. The van der Waals surface area contributed by atoms with Crippen molar-refractivity contribution in [3.63, 3.8) is 0 Å². The quantitative estimate of drug-likeness (QED) is 0.678. The fourth-order valence-electron chi connectivity index (χ4n) is 2.00. The van der Waals surface area contributed by atoms with Gasteiger partial charge >= 0.3 is 5.97 Å². The lowest BCUT2D eigenvalue weighted by Gasteiger charge is -2.09. The minimum Gasteiger partial charge on any atom is -0.481 e. The summed E-state index contributed by atoms with van der Waals surface area (Å²) in [5, 5.41) is 8.66. The molecule has 0 saturated carbocycles. The van der Waals surface area contributed by atoms with Gasteiger partial charge in [0.1, 0.15) is 11.6 Å². The Bertz CT molecular complexity index is 506. The van der Waals surface area contributed by atoms with Crippen LogP contribution in [0.5, 0.6) is 0 Å². The lowest BCUT2D eigenvalue weighted by Crippen LogP contribution is -2.24. The SMILES string of the molecule is Nc1nc(CC2CCCO2)[nH]c(=O)c1CC(=O)O. The van der Waals surface area contributed by atoms with Gasteiger partial charge in [0, 0.05) is 13.0 Å². The van der Waals surface area contributed by atoms with Crippen LogP contribution in [-0.2, 0) is 22.4 Å². The first-order chi connectivity index (χ1) is 8.56. The number of rotatable bonds is 4. The summed E-state index contributed by atoms with van der Waals surface area (Å²) in [5.74, 6) is -0.687. The van der Waals surface area contributed by atoms with Crippen molar-refractivity contribution in [3.8, 4) is 0 Å². The monoisotopic (exact) mass is 253 g/mol. The molecule has 1 aliphatic rings. The average molecular weight is 253 g/mol. The van der Waals surface area contributed by atoms with Crippen molar-refractivity contribution in [2.75, 3.05) is 12.3 Å². The van der Waals surface area contributed by atoms with Gasteiger partial charge in [-0.05, 0) is 12.8 Å². The molecule has 98 valence electrons. The largest absolute Gasteiger partial charge is 0.481 e. The number of nitrogens with zero attached hydrogens (tertiary/aromatic N) is 1. The molecule has 0 amide bonds. The molecule has 0 radical (unpaired) electrons. The second kappa shape index (κ2) is 5.18. The van der Waals surface area contributed by atoms with Gasteiger partial charge in [-0.2, -0.15) is 0 Å². The van der Waals surface area contributed by atoms with Crippen LogP contribution in [0.3, 0.4) is 0 Å². The van der Waals surface area contributed by atoms with Crippen molar-refractivity contribution < 1.29 is 14.6 Å². The third-order valence-corrected chi connectivity index (χ3v) is 2.87. The topological polar surface area (TPSA) is 118 Å². The number of carbonyl (C=O) groups is 1. The molecule has 1 atom stereocenters. The standard InChI is InChI=1S/C11H15N3O4/c12-10-7(5-9(15)16)11(17)14-8(13-10)4-6-2-1-3-18-6/h6H,1-5H2,(H,15,16)(H3,12,13,14,17). The van der Waals surface area contributed by atoms with Crippen LogP contribution in [0.2, 0.25) is 0 Å². The van der Waals surface area contributed by atoms with Crippen LogP contribution in [0.1, 0.15) is 24.2 Å². The van der Waals surface area contributed by atoms with Gasteiger partial charge in [-0.1, -0.05) is 0 Å². The first-order valence-electron chi connectivity index (χ1n) is 5.77. The minimum absolute atomic E-state index is 0.00131. The summed E-state index contributed by atoms with van der Waals surface area (Å²) in [4.78, 5) is 28.9. The molecule has 1 unspecified atom stereocenters. The number of aromatic amines is 1. The molecule has 1 fully saturated rings. The molecule has 4 N–H and O–H groups in total. The van der Waals surface area contributed by atoms with E-state index in [4.69, 9.17) is 15.6 Å². The summed E-state index contributed by atoms with van der Waals surface area (Å²) < 4.78 is 5.43. The van der Waals surface area contributed by atoms with Crippen LogP contribution in [0, 0.1) is 0 Å². The lowest BCUT2D eigenvalue weighted by atomic mass is 10.1. The maximum atomic E-state index is 11.7. The molecule has 7 nitrogen and oxygen atoms in total. The van der Waals surface area contributed by atoms with E-state index in [-0.39, 0.29) is 17.5 Å². The molecule has 0 aromatic carbocycles. The minimum atomic E-state index is -1.11. The van der Waals surface area contributed by atoms with Crippen LogP contribution in [0.15, 0.2) is 4.79 Å². The Morgan fingerprint density at radius 2 is 2.39 bits per heavy atom. The van der Waals surface area contributed by atoms with E-state index in [2.05, 4.69) is 9.97 Å². The van der Waals surface area contributed by atoms with Crippen LogP contribution >= 0.6 is 0 Å². The number of H-pyrrole nitrogens is 1. The molecule has 7 heteroatoms. The first kappa shape index (κ1) is 12.6. The molecule has 0 aliphatic carbocycles. The number of carboxylic acids is 1. The van der Waals surface area contributed by atoms with Crippen molar-refractivity contribution in [2.24, 2.45) is 0 Å². The number of ether oxygens (including phenoxy) is 1. The van der Waals surface area contributed by atoms with E-state index in [1.54, 1.807) is 0 Å². The zero-order valence-corrected chi connectivity index (χ0v) is 9.81. The third kappa shape index (κ3) is 2.86. The summed E-state index contributed by atoms with van der Waals surface area (Å²) >= 11 is 0. The van der Waals surface area contributed by atoms with Crippen LogP contribution in [0.4, 0.5) is 5.82 Å². The Labute approximate surface area is 103 Å². The molecule has 1 aromatic rings. The predicted molar refractivity (Wildman–Crippen MR) is 63.3 cm³/mol. The molecule has 0 spiro atoms. The van der Waals surface area contributed by atoms with Crippen molar-refractivity contribution in [1.29, 1.82) is 0 Å². The van der Waals surface area contributed by atoms with E-state index in [1.807, 2.05) is 0 Å². The summed E-state index contributed by atoms with van der Waals surface area (Å²) in [6, 6.07) is 0. The smallest absolute Gasteiger partial charge is 0.308 e. The van der Waals surface area contributed by atoms with Crippen molar-refractivity contribution in [3.05, 3.63) is 21.7 Å². The Morgan fingerprint density at radius 1 is 1.61 bits per heavy atom. The number of nitrogen functional groups attached to an aromatic ring is 1. The van der Waals surface area contributed by atoms with Crippen molar-refractivity contribution in [2.45, 2.75) is 31.8 Å². The van der Waals surface area contributed by atoms with Gasteiger partial charge < -0.3 is 20.6 Å². The van der Waals surface area contributed by atoms with Gasteiger partial charge in [-0.25, -0.2) is 4.98 Å². The fraction of sp³-hybridized carbons (Fsp3) is 0.545. The van der Waals surface area contributed by atoms with Crippen molar-refractivity contribution >= 4 is 11.8 Å². The van der Waals surface area contributed by atoms with Gasteiger partial charge in [0.2, 0.25) is 0 Å². The highest BCUT2D eigenvalue weighted by Crippen LogP contribution is 2.15. The predicted octanol–water partition coefficient (Wildman–Crippen LogP) is -0.299. The molecule has 1 saturated heterocycles. The van der Waals surface area contributed by atoms with Gasteiger partial charge in [0.15, 0.2) is 0 Å². The number of aliphatic carboxylic acids is 1. The number of hydrogen-bond acceptors (Lipinski definition) is 5. The van der Waals surface area contributed by atoms with Crippen LogP contribution in [-0.4, -0.2) is 33.8 Å². The van der Waals surface area contributed by atoms with Gasteiger partial charge in [-0.3, -0.25) is 9.59 Å². The average Bonchev–Trinajstić information content (AvgIpc) is 2.76. The fourth-order valence-corrected chi connectivity index (χ4v) is 2.00. The number of nitrogens with two attached hydrogens (primary N) is 1. The number of nitrogens with one attached hydrogen (secondary N) is 1. The van der Waals surface area contributed by atoms with Gasteiger partial charge in [0.25, 0.3) is 5.56 Å². The van der Waals surface area contributed by atoms with Crippen molar-refractivity contribution in [1.82, 2.24) is 9.97 Å². The van der Waals surface area contributed by atoms with Gasteiger partial charge in [-0.15, -0.1) is 0 Å².